The van der Waals surface area contributed by atoms with Gasteiger partial charge >= 0.3 is 12.0 Å². The van der Waals surface area contributed by atoms with Crippen LogP contribution < -0.4 is 19.7 Å². The number of ether oxygens (including phenoxy) is 2. The molecule has 3 aromatic rings. The molecule has 2 N–H and O–H groups in total. The van der Waals surface area contributed by atoms with Crippen LogP contribution in [0.25, 0.3) is 11.1 Å². The second-order valence-corrected chi connectivity index (χ2v) is 8.93. The molecule has 2 aliphatic rings. The Morgan fingerprint density at radius 3 is 2.34 bits per heavy atom. The van der Waals surface area contributed by atoms with Gasteiger partial charge in [-0.2, -0.15) is 0 Å². The third-order valence-electron chi connectivity index (χ3n) is 6.61. The number of aliphatic carboxylic acids is 1. The van der Waals surface area contributed by atoms with Gasteiger partial charge in [-0.1, -0.05) is 36.4 Å². The molecule has 1 aliphatic heterocycles. The molecule has 1 heterocycles. The number of anilines is 2. The fourth-order valence-electron chi connectivity index (χ4n) is 4.67. The third kappa shape index (κ3) is 5.24. The molecule has 5 rings (SSSR count). The number of fused-ring (bicyclic) bond motifs is 1. The van der Waals surface area contributed by atoms with Gasteiger partial charge in [-0.05, 0) is 73.2 Å². The molecule has 0 aromatic heterocycles. The van der Waals surface area contributed by atoms with E-state index in [2.05, 4.69) is 5.32 Å². The lowest BCUT2D eigenvalue weighted by molar-refractivity contribution is -0.143. The third-order valence-corrected chi connectivity index (χ3v) is 6.61. The number of carboxylic acid groups (broad SMARTS) is 1. The van der Waals surface area contributed by atoms with E-state index in [-0.39, 0.29) is 18.1 Å². The molecule has 0 spiro atoms. The monoisotopic (exact) mass is 472 g/mol. The second-order valence-electron chi connectivity index (χ2n) is 8.93. The number of hydrogen-bond acceptors (Lipinski definition) is 4. The average Bonchev–Trinajstić information content (AvgIpc) is 2.89. The van der Waals surface area contributed by atoms with Crippen molar-refractivity contribution in [2.24, 2.45) is 5.92 Å². The van der Waals surface area contributed by atoms with Crippen molar-refractivity contribution in [1.29, 1.82) is 0 Å². The van der Waals surface area contributed by atoms with Crippen LogP contribution in [0.4, 0.5) is 16.2 Å². The first-order valence-corrected chi connectivity index (χ1v) is 12.0. The van der Waals surface area contributed by atoms with Gasteiger partial charge in [-0.15, -0.1) is 0 Å². The van der Waals surface area contributed by atoms with Crippen LogP contribution in [0.3, 0.4) is 0 Å². The maximum Gasteiger partial charge on any atom is 0.326 e. The highest BCUT2D eigenvalue weighted by Crippen LogP contribution is 2.37. The van der Waals surface area contributed by atoms with E-state index in [1.807, 2.05) is 72.8 Å². The summed E-state index contributed by atoms with van der Waals surface area (Å²) >= 11 is 0. The predicted molar refractivity (Wildman–Crippen MR) is 134 cm³/mol. The highest BCUT2D eigenvalue weighted by Gasteiger charge is 2.27. The molecule has 0 saturated heterocycles. The molecule has 0 bridgehead atoms. The van der Waals surface area contributed by atoms with Crippen molar-refractivity contribution in [3.63, 3.8) is 0 Å². The summed E-state index contributed by atoms with van der Waals surface area (Å²) in [6, 6.07) is 23.0. The molecular formula is C28H28N2O5. The van der Waals surface area contributed by atoms with Gasteiger partial charge in [0.25, 0.3) is 0 Å². The van der Waals surface area contributed by atoms with E-state index in [1.165, 1.54) is 0 Å². The summed E-state index contributed by atoms with van der Waals surface area (Å²) in [6.45, 7) is 0.904. The highest BCUT2D eigenvalue weighted by atomic mass is 16.5. The molecule has 35 heavy (non-hydrogen) atoms. The number of carboxylic acids is 1. The molecule has 1 fully saturated rings. The lowest BCUT2D eigenvalue weighted by Crippen LogP contribution is -2.40. The molecule has 0 atom stereocenters. The van der Waals surface area contributed by atoms with Crippen LogP contribution in [0.15, 0.2) is 72.8 Å². The fraction of sp³-hybridized carbons (Fsp3) is 0.286. The fourth-order valence-corrected chi connectivity index (χ4v) is 4.67. The molecule has 0 unspecified atom stereocenters. The number of benzene rings is 3. The van der Waals surface area contributed by atoms with Crippen molar-refractivity contribution < 1.29 is 24.2 Å². The molecule has 180 valence electrons. The van der Waals surface area contributed by atoms with Gasteiger partial charge in [0.05, 0.1) is 24.3 Å². The maximum atomic E-state index is 12.9. The summed E-state index contributed by atoms with van der Waals surface area (Å²) < 4.78 is 12.0. The maximum absolute atomic E-state index is 12.9. The average molecular weight is 473 g/mol. The Morgan fingerprint density at radius 1 is 0.914 bits per heavy atom. The molecule has 7 nitrogen and oxygen atoms in total. The standard InChI is InChI=1S/C28H28N2O5/c31-27(32)20-8-13-24(14-9-20)35-23-11-6-19(7-12-23)21-10-15-25-26(18-21)34-17-16-30(25)28(33)29-22-4-2-1-3-5-22/h1-7,10-12,15,18,20,24H,8-9,13-14,16-17H2,(H,29,33)(H,31,32). The van der Waals surface area contributed by atoms with E-state index in [4.69, 9.17) is 14.6 Å². The zero-order valence-corrected chi connectivity index (χ0v) is 19.4. The number of nitrogens with zero attached hydrogens (tertiary/aromatic N) is 1. The number of amides is 2. The van der Waals surface area contributed by atoms with Crippen LogP contribution in [0, 0.1) is 5.92 Å². The topological polar surface area (TPSA) is 88.1 Å². The van der Waals surface area contributed by atoms with Gasteiger partial charge in [-0.25, -0.2) is 4.79 Å². The Hall–Kier alpha value is -4.00. The molecule has 3 aromatic carbocycles. The largest absolute Gasteiger partial charge is 0.490 e. The highest BCUT2D eigenvalue weighted by molar-refractivity contribution is 6.03. The Balaban J connectivity index is 1.25. The van der Waals surface area contributed by atoms with Crippen molar-refractivity contribution in [3.8, 4) is 22.6 Å². The zero-order valence-electron chi connectivity index (χ0n) is 19.4. The number of hydrogen-bond donors (Lipinski definition) is 2. The zero-order chi connectivity index (χ0) is 24.2. The Kier molecular flexibility index (Phi) is 6.57. The van der Waals surface area contributed by atoms with E-state index in [0.717, 1.165) is 41.1 Å². The number of carbonyl (C=O) groups excluding carboxylic acids is 1. The van der Waals surface area contributed by atoms with Crippen molar-refractivity contribution >= 4 is 23.4 Å². The van der Waals surface area contributed by atoms with E-state index in [9.17, 15) is 9.59 Å². The van der Waals surface area contributed by atoms with Crippen molar-refractivity contribution in [1.82, 2.24) is 0 Å². The minimum Gasteiger partial charge on any atom is -0.490 e. The summed E-state index contributed by atoms with van der Waals surface area (Å²) in [7, 11) is 0. The van der Waals surface area contributed by atoms with Crippen LogP contribution in [0.2, 0.25) is 0 Å². The summed E-state index contributed by atoms with van der Waals surface area (Å²) in [5, 5.41) is 12.1. The first kappa shape index (κ1) is 22.8. The molecular weight excluding hydrogens is 444 g/mol. The Bertz CT molecular complexity index is 1190. The van der Waals surface area contributed by atoms with E-state index >= 15 is 0 Å². The number of para-hydroxylation sites is 1. The van der Waals surface area contributed by atoms with Gasteiger partial charge in [0, 0.05) is 5.69 Å². The molecule has 0 radical (unpaired) electrons. The van der Waals surface area contributed by atoms with Crippen LogP contribution in [0.1, 0.15) is 25.7 Å². The van der Waals surface area contributed by atoms with Crippen molar-refractivity contribution in [2.45, 2.75) is 31.8 Å². The van der Waals surface area contributed by atoms with Gasteiger partial charge in [-0.3, -0.25) is 9.69 Å². The van der Waals surface area contributed by atoms with E-state index in [1.54, 1.807) is 4.90 Å². The smallest absolute Gasteiger partial charge is 0.326 e. The first-order chi connectivity index (χ1) is 17.1. The molecule has 1 saturated carbocycles. The number of nitrogens with one attached hydrogen (secondary N) is 1. The molecule has 7 heteroatoms. The van der Waals surface area contributed by atoms with E-state index < -0.39 is 5.97 Å². The number of rotatable bonds is 5. The minimum absolute atomic E-state index is 0.0570. The Labute approximate surface area is 204 Å². The van der Waals surface area contributed by atoms with Gasteiger partial charge in [0.15, 0.2) is 0 Å². The number of carbonyl (C=O) groups is 2. The van der Waals surface area contributed by atoms with Gasteiger partial charge in [0.1, 0.15) is 18.1 Å². The normalized spacial score (nSPS) is 19.3. The van der Waals surface area contributed by atoms with Gasteiger partial charge < -0.3 is 19.9 Å². The molecule has 2 amide bonds. The predicted octanol–water partition coefficient (Wildman–Crippen LogP) is 5.81. The van der Waals surface area contributed by atoms with Crippen molar-refractivity contribution in [3.05, 3.63) is 72.8 Å². The summed E-state index contributed by atoms with van der Waals surface area (Å²) in [5.74, 6) is 0.503. The number of urea groups is 1. The second kappa shape index (κ2) is 10.1. The van der Waals surface area contributed by atoms with Crippen LogP contribution in [0.5, 0.6) is 11.5 Å². The first-order valence-electron chi connectivity index (χ1n) is 12.0. The summed E-state index contributed by atoms with van der Waals surface area (Å²) in [4.78, 5) is 25.7. The molecule has 1 aliphatic carbocycles. The SMILES string of the molecule is O=C(O)C1CCC(Oc2ccc(-c3ccc4c(c3)OCCN4C(=O)Nc3ccccc3)cc2)CC1. The quantitative estimate of drug-likeness (QED) is 0.490. The lowest BCUT2D eigenvalue weighted by atomic mass is 9.87. The Morgan fingerprint density at radius 2 is 1.63 bits per heavy atom. The van der Waals surface area contributed by atoms with Crippen molar-refractivity contribution in [2.75, 3.05) is 23.4 Å². The minimum atomic E-state index is -0.707. The van der Waals surface area contributed by atoms with E-state index in [0.29, 0.717) is 31.7 Å². The van der Waals surface area contributed by atoms with Crippen LogP contribution in [-0.2, 0) is 4.79 Å². The van der Waals surface area contributed by atoms with Gasteiger partial charge in [0.2, 0.25) is 0 Å². The van der Waals surface area contributed by atoms with Crippen LogP contribution in [-0.4, -0.2) is 36.4 Å². The summed E-state index contributed by atoms with van der Waals surface area (Å²) in [6.07, 6.45) is 2.90. The van der Waals surface area contributed by atoms with Crippen LogP contribution >= 0.6 is 0 Å². The lowest BCUT2D eigenvalue weighted by Gasteiger charge is -2.30. The summed E-state index contributed by atoms with van der Waals surface area (Å²) in [5.41, 5.74) is 3.50.